The maximum atomic E-state index is 2.40. The Hall–Kier alpha value is 0.495. The molecule has 0 fully saturated rings. The Morgan fingerprint density at radius 3 is 1.00 bits per heavy atom. The summed E-state index contributed by atoms with van der Waals surface area (Å²) in [6, 6.07) is 0. The Morgan fingerprint density at radius 1 is 0.800 bits per heavy atom. The molecule has 0 aliphatic rings. The lowest BCUT2D eigenvalue weighted by Gasteiger charge is -2.44. The molecule has 0 radical (unpaired) electrons. The van der Waals surface area contributed by atoms with Gasteiger partial charge >= 0.3 is 0 Å². The molecule has 0 amide bonds. The van der Waals surface area contributed by atoms with Crippen LogP contribution in [0.1, 0.15) is 41.5 Å². The maximum Gasteiger partial charge on any atom is -0.0203 e. The van der Waals surface area contributed by atoms with Gasteiger partial charge in [-0.25, -0.2) is 0 Å². The minimum absolute atomic E-state index is 0.387. The Bertz CT molecular complexity index is 93.4. The summed E-state index contributed by atoms with van der Waals surface area (Å²) in [5.74, 6) is 0. The van der Waals surface area contributed by atoms with E-state index in [-0.39, 0.29) is 0 Å². The van der Waals surface area contributed by atoms with Gasteiger partial charge in [-0.15, -0.1) is 0 Å². The highest BCUT2D eigenvalue weighted by atomic mass is 31.1. The van der Waals surface area contributed by atoms with Crippen LogP contribution in [-0.4, -0.2) is 17.9 Å². The highest BCUT2D eigenvalue weighted by Crippen LogP contribution is 2.55. The second-order valence-corrected chi connectivity index (χ2v) is 7.36. The predicted octanol–water partition coefficient (Wildman–Crippen LogP) is 2.35. The van der Waals surface area contributed by atoms with Crippen LogP contribution in [0.3, 0.4) is 0 Å². The molecule has 0 atom stereocenters. The monoisotopic (exact) mass is 159 g/mol. The molecule has 0 nitrogen and oxygen atoms in total. The van der Waals surface area contributed by atoms with E-state index in [1.165, 1.54) is 0 Å². The van der Waals surface area contributed by atoms with Gasteiger partial charge in [-0.1, -0.05) is 51.9 Å². The summed E-state index contributed by atoms with van der Waals surface area (Å²) < 4.78 is 0. The third kappa shape index (κ3) is 3.06. The molecule has 0 aromatic heterocycles. The van der Waals surface area contributed by atoms with E-state index in [0.29, 0.717) is 25.7 Å². The van der Waals surface area contributed by atoms with E-state index >= 15 is 0 Å². The van der Waals surface area contributed by atoms with Crippen molar-refractivity contribution in [2.24, 2.45) is 0 Å². The van der Waals surface area contributed by atoms with Crippen molar-refractivity contribution >= 4 is 15.4 Å². The van der Waals surface area contributed by atoms with E-state index in [1.54, 1.807) is 0 Å². The van der Waals surface area contributed by atoms with Crippen molar-refractivity contribution < 1.29 is 0 Å². The highest BCUT2D eigenvalue weighted by molar-refractivity contribution is 7.84. The number of rotatable bonds is 0. The van der Waals surface area contributed by atoms with E-state index in [4.69, 9.17) is 0 Å². The van der Waals surface area contributed by atoms with Gasteiger partial charge < -0.3 is 0 Å². The topological polar surface area (TPSA) is 0 Å². The average Bonchev–Trinajstić information content (AvgIpc) is 1.59. The lowest BCUT2D eigenvalue weighted by atomic mass is 10.2. The smallest absolute Gasteiger partial charge is 0.0203 e. The summed E-state index contributed by atoms with van der Waals surface area (Å²) in [5, 5.41) is 1.24. The molecule has 0 aliphatic heterocycles. The quantitative estimate of drug-likeness (QED) is 0.376. The van der Waals surface area contributed by atoms with Gasteiger partial charge in [-0.05, 0) is 7.57 Å². The normalized spacial score (nSPS) is 14.4. The van der Waals surface area contributed by atoms with Crippen LogP contribution in [0.2, 0.25) is 0 Å². The van der Waals surface area contributed by atoms with Gasteiger partial charge in [0.2, 0.25) is 0 Å². The van der Waals surface area contributed by atoms with Crippen LogP contribution in [0.25, 0.3) is 0 Å². The maximum absolute atomic E-state index is 2.40. The molecule has 0 N–H and O–H groups in total. The summed E-state index contributed by atoms with van der Waals surface area (Å²) >= 11 is 0. The fourth-order valence-corrected chi connectivity index (χ4v) is 3.02. The molecular formula is C8H21BP-. The molecular weight excluding hydrogens is 138 g/mol. The zero-order chi connectivity index (χ0) is 8.58. The standard InChI is InChI=1S/C8H21BP/c1-7(2,3)10(9)8(4,5)6/h1-6,9H3/q-1. The Kier molecular flexibility index (Phi) is 3.00. The molecule has 0 saturated carbocycles. The lowest BCUT2D eigenvalue weighted by Crippen LogP contribution is -2.24. The van der Waals surface area contributed by atoms with Crippen molar-refractivity contribution in [3.63, 3.8) is 0 Å². The molecule has 2 heteroatoms. The fourth-order valence-electron chi connectivity index (χ4n) is 1.01. The van der Waals surface area contributed by atoms with Crippen LogP contribution in [-0.2, 0) is 0 Å². The van der Waals surface area contributed by atoms with Crippen molar-refractivity contribution in [3.8, 4) is 0 Å². The van der Waals surface area contributed by atoms with E-state index in [9.17, 15) is 0 Å². The summed E-state index contributed by atoms with van der Waals surface area (Å²) in [5.41, 5.74) is 0. The molecule has 0 aromatic carbocycles. The first-order valence-electron chi connectivity index (χ1n) is 3.45. The summed E-state index contributed by atoms with van der Waals surface area (Å²) in [4.78, 5) is 0. The zero-order valence-corrected chi connectivity index (χ0v) is 8.34. The van der Waals surface area contributed by atoms with E-state index in [0.717, 1.165) is 0 Å². The van der Waals surface area contributed by atoms with Crippen LogP contribution >= 0.6 is 7.80 Å². The number of hydrogen-bond donors (Lipinski definition) is 0. The molecule has 62 valence electrons. The average molecular weight is 159 g/mol. The largest absolute Gasteiger partial charge is 0.276 e. The molecule has 0 heterocycles. The van der Waals surface area contributed by atoms with E-state index in [2.05, 4.69) is 41.5 Å². The third-order valence-corrected chi connectivity index (χ3v) is 2.01. The Balaban J connectivity index is 4.23. The number of hydrogen-bond acceptors (Lipinski definition) is 0. The first kappa shape index (κ1) is 10.5. The molecule has 0 unspecified atom stereocenters. The fraction of sp³-hybridized carbons (Fsp3) is 1.00. The van der Waals surface area contributed by atoms with Crippen molar-refractivity contribution in [2.75, 3.05) is 0 Å². The molecule has 0 bridgehead atoms. The van der Waals surface area contributed by atoms with Gasteiger partial charge in [-0.2, -0.15) is 0 Å². The minimum Gasteiger partial charge on any atom is -0.276 e. The minimum atomic E-state index is 0.387. The van der Waals surface area contributed by atoms with Crippen LogP contribution in [0.15, 0.2) is 0 Å². The predicted molar refractivity (Wildman–Crippen MR) is 56.4 cm³/mol. The lowest BCUT2D eigenvalue weighted by molar-refractivity contribution is 0.719. The molecule has 0 aromatic rings. The van der Waals surface area contributed by atoms with Crippen LogP contribution < -0.4 is 0 Å². The van der Waals surface area contributed by atoms with Crippen LogP contribution in [0.5, 0.6) is 0 Å². The Labute approximate surface area is 67.9 Å². The highest BCUT2D eigenvalue weighted by Gasteiger charge is 2.23. The van der Waals surface area contributed by atoms with Gasteiger partial charge in [0, 0.05) is 0 Å². The molecule has 0 saturated heterocycles. The second-order valence-electron chi connectivity index (χ2n) is 4.45. The van der Waals surface area contributed by atoms with Crippen molar-refractivity contribution in [3.05, 3.63) is 0 Å². The summed E-state index contributed by atoms with van der Waals surface area (Å²) in [6.07, 6.45) is 0. The van der Waals surface area contributed by atoms with Gasteiger partial charge in [0.25, 0.3) is 0 Å². The molecule has 0 aliphatic carbocycles. The molecule has 0 spiro atoms. The summed E-state index contributed by atoms with van der Waals surface area (Å²) in [6.45, 7) is 14.4. The van der Waals surface area contributed by atoms with E-state index < -0.39 is 0 Å². The zero-order valence-electron chi connectivity index (χ0n) is 7.45. The van der Waals surface area contributed by atoms with Gasteiger partial charge in [0.15, 0.2) is 0 Å². The van der Waals surface area contributed by atoms with Gasteiger partial charge in [0.1, 0.15) is 0 Å². The SMILES string of the molecule is [BH3-]P(C(C)(C)C)C(C)(C)C. The Morgan fingerprint density at radius 2 is 1.00 bits per heavy atom. The van der Waals surface area contributed by atoms with Crippen molar-refractivity contribution in [2.45, 2.75) is 51.9 Å². The van der Waals surface area contributed by atoms with Crippen molar-refractivity contribution in [1.82, 2.24) is 0 Å². The van der Waals surface area contributed by atoms with Gasteiger partial charge in [0.05, 0.1) is 0 Å². The van der Waals surface area contributed by atoms with Gasteiger partial charge in [-0.3, -0.25) is 7.80 Å². The van der Waals surface area contributed by atoms with Crippen LogP contribution in [0, 0.1) is 0 Å². The summed E-state index contributed by atoms with van der Waals surface area (Å²) in [7, 11) is 0.938. The second kappa shape index (κ2) is 2.85. The first-order chi connectivity index (χ1) is 4.15. The van der Waals surface area contributed by atoms with E-state index in [1.807, 2.05) is 0 Å². The van der Waals surface area contributed by atoms with Crippen LogP contribution in [0.4, 0.5) is 0 Å². The molecule has 0 rings (SSSR count). The molecule has 10 heavy (non-hydrogen) atoms. The van der Waals surface area contributed by atoms with Crippen molar-refractivity contribution in [1.29, 1.82) is 0 Å². The first-order valence-corrected chi connectivity index (χ1v) is 4.34. The third-order valence-electron chi connectivity index (χ3n) is 0.671.